The van der Waals surface area contributed by atoms with Gasteiger partial charge in [0.05, 0.1) is 6.61 Å². The maximum atomic E-state index is 5.71. The Balaban J connectivity index is 2.57. The van der Waals surface area contributed by atoms with Crippen molar-refractivity contribution in [1.82, 2.24) is 10.3 Å². The second-order valence-corrected chi connectivity index (χ2v) is 3.66. The molecule has 90 valence electrons. The second kappa shape index (κ2) is 7.19. The maximum absolute atomic E-state index is 5.71. The van der Waals surface area contributed by atoms with E-state index in [4.69, 9.17) is 9.47 Å². The molecule has 16 heavy (non-hydrogen) atoms. The molecule has 0 spiro atoms. The molecule has 0 aliphatic heterocycles. The fraction of sp³-hybridized carbons (Fsp3) is 0.583. The van der Waals surface area contributed by atoms with Crippen LogP contribution in [-0.2, 0) is 11.3 Å². The molecule has 4 heteroatoms. The van der Waals surface area contributed by atoms with Crippen LogP contribution in [-0.4, -0.2) is 32.4 Å². The lowest BCUT2D eigenvalue weighted by molar-refractivity contribution is 0.171. The van der Waals surface area contributed by atoms with Crippen molar-refractivity contribution in [2.75, 3.05) is 27.4 Å². The van der Waals surface area contributed by atoms with Crippen LogP contribution >= 0.6 is 0 Å². The van der Waals surface area contributed by atoms with E-state index >= 15 is 0 Å². The van der Waals surface area contributed by atoms with Crippen LogP contribution in [0.3, 0.4) is 0 Å². The van der Waals surface area contributed by atoms with Gasteiger partial charge in [-0.05, 0) is 14.0 Å². The van der Waals surface area contributed by atoms with Gasteiger partial charge in [-0.3, -0.25) is 4.98 Å². The number of methoxy groups -OCH3 is 1. The highest BCUT2D eigenvalue weighted by atomic mass is 16.5. The lowest BCUT2D eigenvalue weighted by atomic mass is 10.2. The number of aromatic nitrogens is 1. The summed E-state index contributed by atoms with van der Waals surface area (Å²) < 4.78 is 10.7. The van der Waals surface area contributed by atoms with Crippen LogP contribution < -0.4 is 10.1 Å². The summed E-state index contributed by atoms with van der Waals surface area (Å²) in [6.45, 7) is 4.14. The van der Waals surface area contributed by atoms with Crippen molar-refractivity contribution >= 4 is 0 Å². The number of pyridine rings is 1. The molecule has 1 aromatic heterocycles. The number of hydrogen-bond acceptors (Lipinski definition) is 4. The Morgan fingerprint density at radius 1 is 1.38 bits per heavy atom. The van der Waals surface area contributed by atoms with Crippen LogP contribution in [0.15, 0.2) is 12.3 Å². The zero-order valence-corrected chi connectivity index (χ0v) is 10.2. The topological polar surface area (TPSA) is 43.4 Å². The van der Waals surface area contributed by atoms with Gasteiger partial charge < -0.3 is 14.8 Å². The summed E-state index contributed by atoms with van der Waals surface area (Å²) in [7, 11) is 3.61. The van der Waals surface area contributed by atoms with Crippen molar-refractivity contribution in [1.29, 1.82) is 0 Å². The number of nitrogens with one attached hydrogen (secondary N) is 1. The summed E-state index contributed by atoms with van der Waals surface area (Å²) in [5, 5.41) is 3.10. The molecule has 0 fully saturated rings. The van der Waals surface area contributed by atoms with Crippen molar-refractivity contribution in [2.45, 2.75) is 19.9 Å². The Bertz CT molecular complexity index is 316. The predicted molar refractivity (Wildman–Crippen MR) is 63.7 cm³/mol. The van der Waals surface area contributed by atoms with Gasteiger partial charge in [-0.2, -0.15) is 0 Å². The van der Waals surface area contributed by atoms with Crippen molar-refractivity contribution in [3.05, 3.63) is 23.5 Å². The van der Waals surface area contributed by atoms with Gasteiger partial charge in [0, 0.05) is 50.2 Å². The molecular weight excluding hydrogens is 204 g/mol. The number of aryl methyl sites for hydroxylation is 1. The molecule has 0 atom stereocenters. The second-order valence-electron chi connectivity index (χ2n) is 3.66. The van der Waals surface area contributed by atoms with Gasteiger partial charge >= 0.3 is 0 Å². The van der Waals surface area contributed by atoms with E-state index in [0.29, 0.717) is 6.61 Å². The Labute approximate surface area is 97.0 Å². The average Bonchev–Trinajstić information content (AvgIpc) is 2.28. The van der Waals surface area contributed by atoms with Crippen LogP contribution in [0.25, 0.3) is 0 Å². The lowest BCUT2D eigenvalue weighted by Crippen LogP contribution is -2.09. The van der Waals surface area contributed by atoms with Gasteiger partial charge in [-0.15, -0.1) is 0 Å². The molecule has 1 N–H and O–H groups in total. The highest BCUT2D eigenvalue weighted by Crippen LogP contribution is 2.18. The summed E-state index contributed by atoms with van der Waals surface area (Å²) in [4.78, 5) is 4.26. The first-order chi connectivity index (χ1) is 7.77. The number of ether oxygens (including phenoxy) is 2. The first kappa shape index (κ1) is 12.9. The van der Waals surface area contributed by atoms with Crippen molar-refractivity contribution < 1.29 is 9.47 Å². The molecule has 0 unspecified atom stereocenters. The van der Waals surface area contributed by atoms with E-state index in [-0.39, 0.29) is 0 Å². The van der Waals surface area contributed by atoms with Gasteiger partial charge in [-0.25, -0.2) is 0 Å². The third-order valence-electron chi connectivity index (χ3n) is 2.20. The third kappa shape index (κ3) is 4.16. The van der Waals surface area contributed by atoms with Gasteiger partial charge in [0.15, 0.2) is 0 Å². The zero-order valence-electron chi connectivity index (χ0n) is 10.2. The number of rotatable bonds is 7. The van der Waals surface area contributed by atoms with Crippen LogP contribution in [0.5, 0.6) is 5.75 Å². The molecule has 1 heterocycles. The maximum Gasteiger partial charge on any atom is 0.127 e. The molecular formula is C12H20N2O2. The van der Waals surface area contributed by atoms with Crippen LogP contribution in [0.1, 0.15) is 17.7 Å². The monoisotopic (exact) mass is 224 g/mol. The molecule has 0 saturated heterocycles. The largest absolute Gasteiger partial charge is 0.493 e. The average molecular weight is 224 g/mol. The Hall–Kier alpha value is -1.13. The molecule has 0 aliphatic rings. The standard InChI is InChI=1S/C12H20N2O2/c1-10-7-12(16-6-4-5-15-3)11(8-13-2)9-14-10/h7,9,13H,4-6,8H2,1-3H3. The molecule has 0 amide bonds. The molecule has 0 aliphatic carbocycles. The Morgan fingerprint density at radius 2 is 2.19 bits per heavy atom. The lowest BCUT2D eigenvalue weighted by Gasteiger charge is -2.11. The van der Waals surface area contributed by atoms with Crippen molar-refractivity contribution in [3.63, 3.8) is 0 Å². The fourth-order valence-corrected chi connectivity index (χ4v) is 1.41. The minimum Gasteiger partial charge on any atom is -0.493 e. The molecule has 0 bridgehead atoms. The van der Waals surface area contributed by atoms with Crippen LogP contribution in [0, 0.1) is 6.92 Å². The summed E-state index contributed by atoms with van der Waals surface area (Å²) in [6.07, 6.45) is 2.76. The quantitative estimate of drug-likeness (QED) is 0.713. The minimum absolute atomic E-state index is 0.675. The van der Waals surface area contributed by atoms with E-state index < -0.39 is 0 Å². The number of nitrogens with zero attached hydrogens (tertiary/aromatic N) is 1. The first-order valence-corrected chi connectivity index (χ1v) is 5.49. The summed E-state index contributed by atoms with van der Waals surface area (Å²) in [5.74, 6) is 0.915. The van der Waals surface area contributed by atoms with Gasteiger partial charge in [0.1, 0.15) is 5.75 Å². The van der Waals surface area contributed by atoms with Gasteiger partial charge in [0.2, 0.25) is 0 Å². The van der Waals surface area contributed by atoms with Gasteiger partial charge in [-0.1, -0.05) is 0 Å². The van der Waals surface area contributed by atoms with E-state index in [9.17, 15) is 0 Å². The van der Waals surface area contributed by atoms with Crippen LogP contribution in [0.4, 0.5) is 0 Å². The zero-order chi connectivity index (χ0) is 11.8. The van der Waals surface area contributed by atoms with E-state index in [1.54, 1.807) is 7.11 Å². The molecule has 1 aromatic rings. The fourth-order valence-electron chi connectivity index (χ4n) is 1.41. The third-order valence-corrected chi connectivity index (χ3v) is 2.20. The summed E-state index contributed by atoms with van der Waals surface area (Å²) >= 11 is 0. The highest BCUT2D eigenvalue weighted by molar-refractivity contribution is 5.32. The first-order valence-electron chi connectivity index (χ1n) is 5.49. The van der Waals surface area contributed by atoms with E-state index in [1.807, 2.05) is 26.2 Å². The minimum atomic E-state index is 0.675. The van der Waals surface area contributed by atoms with Crippen molar-refractivity contribution in [3.8, 4) is 5.75 Å². The Morgan fingerprint density at radius 3 is 2.88 bits per heavy atom. The molecule has 0 aromatic carbocycles. The predicted octanol–water partition coefficient (Wildman–Crippen LogP) is 1.52. The van der Waals surface area contributed by atoms with Crippen LogP contribution in [0.2, 0.25) is 0 Å². The molecule has 0 radical (unpaired) electrons. The van der Waals surface area contributed by atoms with E-state index in [0.717, 1.165) is 36.6 Å². The highest BCUT2D eigenvalue weighted by Gasteiger charge is 2.04. The summed E-state index contributed by atoms with van der Waals surface area (Å²) in [5.41, 5.74) is 2.06. The van der Waals surface area contributed by atoms with Gasteiger partial charge in [0.25, 0.3) is 0 Å². The van der Waals surface area contributed by atoms with E-state index in [1.165, 1.54) is 0 Å². The summed E-state index contributed by atoms with van der Waals surface area (Å²) in [6, 6.07) is 1.97. The van der Waals surface area contributed by atoms with E-state index in [2.05, 4.69) is 10.3 Å². The Kier molecular flexibility index (Phi) is 5.82. The van der Waals surface area contributed by atoms with Crippen molar-refractivity contribution in [2.24, 2.45) is 0 Å². The molecule has 1 rings (SSSR count). The smallest absolute Gasteiger partial charge is 0.127 e. The molecule has 4 nitrogen and oxygen atoms in total. The molecule has 0 saturated carbocycles. The SMILES string of the molecule is CNCc1cnc(C)cc1OCCCOC. The normalized spacial score (nSPS) is 10.4. The number of hydrogen-bond donors (Lipinski definition) is 1.